The Labute approximate surface area is 201 Å². The molecule has 0 fully saturated rings. The highest BCUT2D eigenvalue weighted by Gasteiger charge is 2.21. The van der Waals surface area contributed by atoms with Crippen LogP contribution in [0, 0.1) is 17.1 Å². The van der Waals surface area contributed by atoms with E-state index < -0.39 is 17.3 Å². The third-order valence-corrected chi connectivity index (χ3v) is 5.20. The van der Waals surface area contributed by atoms with Gasteiger partial charge in [0.15, 0.2) is 0 Å². The first kappa shape index (κ1) is 23.6. The van der Waals surface area contributed by atoms with Crippen LogP contribution in [0.2, 0.25) is 0 Å². The van der Waals surface area contributed by atoms with Gasteiger partial charge >= 0.3 is 0 Å². The van der Waals surface area contributed by atoms with Gasteiger partial charge in [0, 0.05) is 17.4 Å². The Morgan fingerprint density at radius 3 is 2.86 bits per heavy atom. The molecule has 3 aromatic rings. The predicted octanol–water partition coefficient (Wildman–Crippen LogP) is 4.10. The Bertz CT molecular complexity index is 1360. The number of nitrogens with one attached hydrogen (secondary N) is 3. The van der Waals surface area contributed by atoms with Crippen LogP contribution in [0.15, 0.2) is 55.5 Å². The third-order valence-electron chi connectivity index (χ3n) is 5.20. The summed E-state index contributed by atoms with van der Waals surface area (Å²) < 4.78 is 21.6. The van der Waals surface area contributed by atoms with Crippen molar-refractivity contribution in [2.45, 2.75) is 19.4 Å². The number of hydrogen-bond acceptors (Lipinski definition) is 8. The topological polar surface area (TPSA) is 130 Å². The molecule has 1 aliphatic heterocycles. The van der Waals surface area contributed by atoms with E-state index in [2.05, 4.69) is 43.7 Å². The molecular formula is C24H23FN8O2. The standard InChI is InChI=1S/C24H23FN8O2/c1-4-21(34)29-16-5-6-19(25)20(9-16)31-22-18(15-7-8-35-13-15)11-27-23(32-22)30-17-10-28-33(12-17)24(2,3)14-26/h4-7,9-12H,1,8,13H2,2-3H3,(H,29,34)(H2,27,30,31,32). The number of carbonyl (C=O) groups excluding carboxylic acids is 1. The zero-order valence-corrected chi connectivity index (χ0v) is 19.2. The van der Waals surface area contributed by atoms with Gasteiger partial charge in [-0.05, 0) is 43.7 Å². The van der Waals surface area contributed by atoms with E-state index in [9.17, 15) is 14.4 Å². The Balaban J connectivity index is 1.66. The van der Waals surface area contributed by atoms with Gasteiger partial charge in [0.25, 0.3) is 0 Å². The van der Waals surface area contributed by atoms with Crippen molar-refractivity contribution < 1.29 is 13.9 Å². The van der Waals surface area contributed by atoms with Crippen molar-refractivity contribution in [1.29, 1.82) is 5.26 Å². The zero-order valence-electron chi connectivity index (χ0n) is 19.2. The molecule has 3 heterocycles. The largest absolute Gasteiger partial charge is 0.373 e. The van der Waals surface area contributed by atoms with Crippen LogP contribution in [0.3, 0.4) is 0 Å². The second-order valence-electron chi connectivity index (χ2n) is 8.18. The van der Waals surface area contributed by atoms with E-state index in [0.29, 0.717) is 36.0 Å². The Hall–Kier alpha value is -4.56. The molecule has 35 heavy (non-hydrogen) atoms. The summed E-state index contributed by atoms with van der Waals surface area (Å²) in [5.74, 6) is -0.362. The first-order chi connectivity index (χ1) is 16.8. The van der Waals surface area contributed by atoms with Crippen LogP contribution < -0.4 is 16.0 Å². The van der Waals surface area contributed by atoms with Gasteiger partial charge in [-0.25, -0.2) is 9.37 Å². The SMILES string of the molecule is C=CC(=O)Nc1ccc(F)c(Nc2nc(Nc3cnn(C(C)(C)C#N)c3)ncc2C2=CCOC2)c1. The zero-order chi connectivity index (χ0) is 25.0. The average molecular weight is 475 g/mol. The number of halogens is 1. The molecule has 1 aliphatic rings. The lowest BCUT2D eigenvalue weighted by molar-refractivity contribution is -0.111. The Morgan fingerprint density at radius 1 is 1.31 bits per heavy atom. The molecule has 4 rings (SSSR count). The summed E-state index contributed by atoms with van der Waals surface area (Å²) in [5.41, 5.74) is 1.77. The average Bonchev–Trinajstić information content (AvgIpc) is 3.54. The number of anilines is 5. The van der Waals surface area contributed by atoms with Crippen LogP contribution in [-0.4, -0.2) is 38.9 Å². The molecular weight excluding hydrogens is 451 g/mol. The first-order valence-corrected chi connectivity index (χ1v) is 10.7. The van der Waals surface area contributed by atoms with Gasteiger partial charge in [0.05, 0.1) is 43.1 Å². The van der Waals surface area contributed by atoms with Gasteiger partial charge < -0.3 is 20.7 Å². The Morgan fingerprint density at radius 2 is 2.14 bits per heavy atom. The molecule has 0 unspecified atom stereocenters. The fourth-order valence-electron chi connectivity index (χ4n) is 3.24. The monoisotopic (exact) mass is 474 g/mol. The minimum absolute atomic E-state index is 0.112. The minimum atomic E-state index is -0.824. The number of nitrogens with zero attached hydrogens (tertiary/aromatic N) is 5. The van der Waals surface area contributed by atoms with Gasteiger partial charge in [-0.15, -0.1) is 0 Å². The van der Waals surface area contributed by atoms with Crippen LogP contribution in [0.1, 0.15) is 19.4 Å². The molecule has 178 valence electrons. The van der Waals surface area contributed by atoms with E-state index >= 15 is 0 Å². The van der Waals surface area contributed by atoms with Crippen molar-refractivity contribution >= 4 is 40.3 Å². The number of carbonyl (C=O) groups is 1. The lowest BCUT2D eigenvalue weighted by Crippen LogP contribution is -2.24. The summed E-state index contributed by atoms with van der Waals surface area (Å²) >= 11 is 0. The van der Waals surface area contributed by atoms with Gasteiger partial charge in [0.1, 0.15) is 17.2 Å². The smallest absolute Gasteiger partial charge is 0.247 e. The van der Waals surface area contributed by atoms with Gasteiger partial charge in [-0.1, -0.05) is 12.7 Å². The van der Waals surface area contributed by atoms with Crippen molar-refractivity contribution in [3.63, 3.8) is 0 Å². The van der Waals surface area contributed by atoms with Crippen molar-refractivity contribution in [3.8, 4) is 6.07 Å². The van der Waals surface area contributed by atoms with E-state index in [4.69, 9.17) is 4.74 Å². The molecule has 0 aliphatic carbocycles. The van der Waals surface area contributed by atoms with Gasteiger partial charge in [-0.3, -0.25) is 9.48 Å². The molecule has 1 amide bonds. The van der Waals surface area contributed by atoms with Crippen LogP contribution in [0.25, 0.3) is 5.57 Å². The minimum Gasteiger partial charge on any atom is -0.373 e. The fourth-order valence-corrected chi connectivity index (χ4v) is 3.24. The van der Waals surface area contributed by atoms with Crippen LogP contribution >= 0.6 is 0 Å². The predicted molar refractivity (Wildman–Crippen MR) is 130 cm³/mol. The molecule has 11 heteroatoms. The maximum atomic E-state index is 14.6. The number of amides is 1. The maximum absolute atomic E-state index is 14.6. The van der Waals surface area contributed by atoms with E-state index in [1.165, 1.54) is 22.9 Å². The van der Waals surface area contributed by atoms with Crippen molar-refractivity contribution in [3.05, 3.63) is 66.9 Å². The van der Waals surface area contributed by atoms with E-state index in [1.54, 1.807) is 32.4 Å². The van der Waals surface area contributed by atoms with E-state index in [1.807, 2.05) is 6.08 Å². The summed E-state index contributed by atoms with van der Waals surface area (Å²) in [7, 11) is 0. The molecule has 0 bridgehead atoms. The normalized spacial score (nSPS) is 13.0. The second kappa shape index (κ2) is 9.74. The molecule has 3 N–H and O–H groups in total. The summed E-state index contributed by atoms with van der Waals surface area (Å²) in [4.78, 5) is 20.6. The lowest BCUT2D eigenvalue weighted by atomic mass is 10.1. The number of ether oxygens (including phenoxy) is 1. The van der Waals surface area contributed by atoms with Crippen LogP contribution in [0.4, 0.5) is 33.2 Å². The van der Waals surface area contributed by atoms with E-state index in [0.717, 1.165) is 11.6 Å². The van der Waals surface area contributed by atoms with Crippen molar-refractivity contribution in [1.82, 2.24) is 19.7 Å². The Kier molecular flexibility index (Phi) is 6.57. The number of hydrogen-bond donors (Lipinski definition) is 3. The summed E-state index contributed by atoms with van der Waals surface area (Å²) in [6, 6.07) is 6.33. The van der Waals surface area contributed by atoms with Gasteiger partial charge in [0.2, 0.25) is 11.9 Å². The molecule has 0 atom stereocenters. The first-order valence-electron chi connectivity index (χ1n) is 10.7. The fraction of sp³-hybridized carbons (Fsp3) is 0.208. The molecule has 2 aromatic heterocycles. The highest BCUT2D eigenvalue weighted by atomic mass is 19.1. The van der Waals surface area contributed by atoms with Crippen LogP contribution in [-0.2, 0) is 15.1 Å². The third kappa shape index (κ3) is 5.34. The highest BCUT2D eigenvalue weighted by molar-refractivity contribution is 5.99. The molecule has 1 aromatic carbocycles. The molecule has 0 saturated heterocycles. The quantitative estimate of drug-likeness (QED) is 0.416. The number of benzene rings is 1. The number of nitriles is 1. The summed E-state index contributed by atoms with van der Waals surface area (Å²) in [6.07, 6.45) is 7.88. The number of rotatable bonds is 8. The number of aromatic nitrogens is 4. The summed E-state index contributed by atoms with van der Waals surface area (Å²) in [6.45, 7) is 7.74. The summed E-state index contributed by atoms with van der Waals surface area (Å²) in [5, 5.41) is 22.2. The molecule has 0 radical (unpaired) electrons. The van der Waals surface area contributed by atoms with E-state index in [-0.39, 0.29) is 11.6 Å². The second-order valence-corrected chi connectivity index (χ2v) is 8.18. The van der Waals surface area contributed by atoms with Crippen molar-refractivity contribution in [2.75, 3.05) is 29.2 Å². The van der Waals surface area contributed by atoms with Crippen LogP contribution in [0.5, 0.6) is 0 Å². The van der Waals surface area contributed by atoms with Gasteiger partial charge in [-0.2, -0.15) is 15.3 Å². The lowest BCUT2D eigenvalue weighted by Gasteiger charge is -2.15. The maximum Gasteiger partial charge on any atom is 0.247 e. The molecule has 0 spiro atoms. The molecule has 10 nitrogen and oxygen atoms in total. The van der Waals surface area contributed by atoms with Crippen molar-refractivity contribution in [2.24, 2.45) is 0 Å². The molecule has 0 saturated carbocycles. The highest BCUT2D eigenvalue weighted by Crippen LogP contribution is 2.31.